The first kappa shape index (κ1) is 13.3. The lowest BCUT2D eigenvalue weighted by molar-refractivity contribution is 0.415. The van der Waals surface area contributed by atoms with Crippen LogP contribution in [-0.4, -0.2) is 17.1 Å². The molecular formula is C18H16N2O. The quantitative estimate of drug-likeness (QED) is 0.725. The number of benzene rings is 2. The minimum absolute atomic E-state index is 0.827. The fourth-order valence-electron chi connectivity index (χ4n) is 2.30. The molecule has 0 atom stereocenters. The van der Waals surface area contributed by atoms with E-state index in [4.69, 9.17) is 9.72 Å². The first-order valence-electron chi connectivity index (χ1n) is 6.76. The molecule has 3 nitrogen and oxygen atoms in total. The molecule has 1 aromatic heterocycles. The average Bonchev–Trinajstić information content (AvgIpc) is 2.53. The van der Waals surface area contributed by atoms with Crippen LogP contribution in [-0.2, 0) is 0 Å². The van der Waals surface area contributed by atoms with E-state index >= 15 is 0 Å². The van der Waals surface area contributed by atoms with Crippen molar-refractivity contribution < 1.29 is 4.74 Å². The highest BCUT2D eigenvalue weighted by Crippen LogP contribution is 2.25. The van der Waals surface area contributed by atoms with Crippen molar-refractivity contribution in [3.63, 3.8) is 0 Å². The lowest BCUT2D eigenvalue weighted by Crippen LogP contribution is -1.98. The first-order chi connectivity index (χ1) is 10.2. The van der Waals surface area contributed by atoms with Gasteiger partial charge in [0.05, 0.1) is 29.5 Å². The van der Waals surface area contributed by atoms with Gasteiger partial charge in [0.15, 0.2) is 0 Å². The number of ether oxygens (including phenoxy) is 1. The summed E-state index contributed by atoms with van der Waals surface area (Å²) in [5.74, 6) is 0.827. The second-order valence-electron chi connectivity index (χ2n) is 4.85. The number of methoxy groups -OCH3 is 1. The van der Waals surface area contributed by atoms with Gasteiger partial charge in [0.1, 0.15) is 5.75 Å². The molecule has 0 saturated carbocycles. The molecule has 0 aliphatic rings. The number of rotatable bonds is 3. The van der Waals surface area contributed by atoms with Gasteiger partial charge in [-0.15, -0.1) is 0 Å². The van der Waals surface area contributed by atoms with Crippen LogP contribution < -0.4 is 4.74 Å². The monoisotopic (exact) mass is 276 g/mol. The molecule has 3 aromatic rings. The summed E-state index contributed by atoms with van der Waals surface area (Å²) in [5, 5.41) is 0. The zero-order chi connectivity index (χ0) is 14.8. The molecule has 0 radical (unpaired) electrons. The van der Waals surface area contributed by atoms with Gasteiger partial charge < -0.3 is 4.74 Å². The molecule has 0 aliphatic heterocycles. The van der Waals surface area contributed by atoms with E-state index in [0.717, 1.165) is 39.3 Å². The van der Waals surface area contributed by atoms with Crippen molar-refractivity contribution in [2.24, 2.45) is 0 Å². The maximum Gasteiger partial charge on any atom is 0.118 e. The Labute approximate surface area is 123 Å². The van der Waals surface area contributed by atoms with Crippen LogP contribution in [0.25, 0.3) is 16.6 Å². The molecule has 0 aliphatic carbocycles. The second kappa shape index (κ2) is 5.37. The normalized spacial score (nSPS) is 10.6. The Morgan fingerprint density at radius 2 is 1.57 bits per heavy atom. The van der Waals surface area contributed by atoms with Crippen LogP contribution in [0, 0.1) is 6.92 Å². The van der Waals surface area contributed by atoms with Gasteiger partial charge in [-0.1, -0.05) is 30.8 Å². The van der Waals surface area contributed by atoms with Crippen LogP contribution in [0.2, 0.25) is 0 Å². The Balaban J connectivity index is 2.05. The molecule has 21 heavy (non-hydrogen) atoms. The van der Waals surface area contributed by atoms with Crippen molar-refractivity contribution in [2.45, 2.75) is 6.92 Å². The van der Waals surface area contributed by atoms with Gasteiger partial charge in [0.25, 0.3) is 0 Å². The summed E-state index contributed by atoms with van der Waals surface area (Å²) in [6.45, 7) is 6.14. The van der Waals surface area contributed by atoms with Crippen molar-refractivity contribution in [2.75, 3.05) is 7.11 Å². The smallest absolute Gasteiger partial charge is 0.118 e. The summed E-state index contributed by atoms with van der Waals surface area (Å²) in [7, 11) is 1.66. The van der Waals surface area contributed by atoms with Crippen LogP contribution in [0.3, 0.4) is 0 Å². The van der Waals surface area contributed by atoms with Gasteiger partial charge >= 0.3 is 0 Å². The number of nitrogens with zero attached hydrogens (tertiary/aromatic N) is 2. The van der Waals surface area contributed by atoms with Crippen molar-refractivity contribution >= 4 is 16.6 Å². The van der Waals surface area contributed by atoms with Gasteiger partial charge in [-0.2, -0.15) is 0 Å². The first-order valence-corrected chi connectivity index (χ1v) is 6.76. The van der Waals surface area contributed by atoms with Crippen molar-refractivity contribution in [1.29, 1.82) is 0 Å². The third kappa shape index (κ3) is 2.50. The fraction of sp³-hybridized carbons (Fsp3) is 0.111. The molecule has 0 unspecified atom stereocenters. The van der Waals surface area contributed by atoms with E-state index in [1.807, 2.05) is 55.5 Å². The highest BCUT2D eigenvalue weighted by atomic mass is 16.5. The van der Waals surface area contributed by atoms with E-state index in [2.05, 4.69) is 11.6 Å². The lowest BCUT2D eigenvalue weighted by atomic mass is 10.0. The summed E-state index contributed by atoms with van der Waals surface area (Å²) in [5.41, 5.74) is 5.39. The zero-order valence-corrected chi connectivity index (χ0v) is 12.1. The van der Waals surface area contributed by atoms with Crippen LogP contribution in [0.4, 0.5) is 0 Å². The van der Waals surface area contributed by atoms with E-state index in [0.29, 0.717) is 0 Å². The zero-order valence-electron chi connectivity index (χ0n) is 12.1. The summed E-state index contributed by atoms with van der Waals surface area (Å²) < 4.78 is 5.18. The maximum absolute atomic E-state index is 5.18. The van der Waals surface area contributed by atoms with Crippen LogP contribution in [0.5, 0.6) is 5.75 Å². The van der Waals surface area contributed by atoms with E-state index < -0.39 is 0 Å². The van der Waals surface area contributed by atoms with Crippen molar-refractivity contribution in [3.8, 4) is 5.75 Å². The third-order valence-electron chi connectivity index (χ3n) is 3.47. The van der Waals surface area contributed by atoms with Crippen LogP contribution in [0.1, 0.15) is 17.0 Å². The highest BCUT2D eigenvalue weighted by Gasteiger charge is 2.10. The van der Waals surface area contributed by atoms with Crippen LogP contribution >= 0.6 is 0 Å². The molecular weight excluding hydrogens is 260 g/mol. The maximum atomic E-state index is 5.18. The average molecular weight is 276 g/mol. The number of para-hydroxylation sites is 2. The SMILES string of the molecule is C=C(c1ccc(OC)cc1)c1nc2ccccc2nc1C. The number of hydrogen-bond acceptors (Lipinski definition) is 3. The van der Waals surface area contributed by atoms with Gasteiger partial charge in [0.2, 0.25) is 0 Å². The van der Waals surface area contributed by atoms with E-state index in [1.54, 1.807) is 7.11 Å². The van der Waals surface area contributed by atoms with Gasteiger partial charge in [-0.05, 0) is 36.8 Å². The lowest BCUT2D eigenvalue weighted by Gasteiger charge is -2.10. The molecule has 1 heterocycles. The number of aryl methyl sites for hydroxylation is 1. The largest absolute Gasteiger partial charge is 0.497 e. The number of fused-ring (bicyclic) bond motifs is 1. The molecule has 0 saturated heterocycles. The summed E-state index contributed by atoms with van der Waals surface area (Å²) >= 11 is 0. The molecule has 0 bridgehead atoms. The number of hydrogen-bond donors (Lipinski definition) is 0. The van der Waals surface area contributed by atoms with Gasteiger partial charge in [-0.3, -0.25) is 0 Å². The molecule has 2 aromatic carbocycles. The standard InChI is InChI=1S/C18H16N2O/c1-12(14-8-10-15(21-3)11-9-14)18-13(2)19-16-6-4-5-7-17(16)20-18/h4-11H,1H2,2-3H3. The summed E-state index contributed by atoms with van der Waals surface area (Å²) in [6, 6.07) is 15.7. The van der Waals surface area contributed by atoms with Gasteiger partial charge in [-0.25, -0.2) is 9.97 Å². The Morgan fingerprint density at radius 3 is 2.19 bits per heavy atom. The van der Waals surface area contributed by atoms with Crippen molar-refractivity contribution in [3.05, 3.63) is 72.1 Å². The third-order valence-corrected chi connectivity index (χ3v) is 3.47. The predicted molar refractivity (Wildman–Crippen MR) is 85.4 cm³/mol. The topological polar surface area (TPSA) is 35.0 Å². The Kier molecular flexibility index (Phi) is 3.40. The minimum Gasteiger partial charge on any atom is -0.497 e. The molecule has 0 spiro atoms. The summed E-state index contributed by atoms with van der Waals surface area (Å²) in [6.07, 6.45) is 0. The summed E-state index contributed by atoms with van der Waals surface area (Å²) in [4.78, 5) is 9.31. The van der Waals surface area contributed by atoms with Crippen molar-refractivity contribution in [1.82, 2.24) is 9.97 Å². The van der Waals surface area contributed by atoms with E-state index in [1.165, 1.54) is 0 Å². The van der Waals surface area contributed by atoms with E-state index in [-0.39, 0.29) is 0 Å². The second-order valence-corrected chi connectivity index (χ2v) is 4.85. The molecule has 3 rings (SSSR count). The highest BCUT2D eigenvalue weighted by molar-refractivity contribution is 5.82. The molecule has 3 heteroatoms. The Morgan fingerprint density at radius 1 is 0.952 bits per heavy atom. The Hall–Kier alpha value is -2.68. The Bertz CT molecular complexity index is 807. The van der Waals surface area contributed by atoms with Gasteiger partial charge in [0, 0.05) is 5.57 Å². The molecule has 0 fully saturated rings. The molecule has 104 valence electrons. The molecule has 0 amide bonds. The van der Waals surface area contributed by atoms with E-state index in [9.17, 15) is 0 Å². The minimum atomic E-state index is 0.827. The number of aromatic nitrogens is 2. The van der Waals surface area contributed by atoms with Crippen LogP contribution in [0.15, 0.2) is 55.1 Å². The fourth-order valence-corrected chi connectivity index (χ4v) is 2.30. The predicted octanol–water partition coefficient (Wildman–Crippen LogP) is 4.01. The molecule has 0 N–H and O–H groups in total.